The molecule has 0 amide bonds. The second-order valence-corrected chi connectivity index (χ2v) is 7.71. The second kappa shape index (κ2) is 7.83. The molecule has 1 aromatic heterocycles. The van der Waals surface area contributed by atoms with Crippen molar-refractivity contribution in [2.24, 2.45) is 9.98 Å². The third-order valence-corrected chi connectivity index (χ3v) is 5.04. The number of amidine groups is 1. The van der Waals surface area contributed by atoms with Gasteiger partial charge in [-0.1, -0.05) is 23.8 Å². The fourth-order valence-electron chi connectivity index (χ4n) is 3.55. The quantitative estimate of drug-likeness (QED) is 0.853. The number of alkyl halides is 1. The summed E-state index contributed by atoms with van der Waals surface area (Å²) in [5.41, 5.74) is 1.44. The smallest absolute Gasteiger partial charge is 0.203 e. The summed E-state index contributed by atoms with van der Waals surface area (Å²) in [6.07, 6.45) is 14.0. The molecule has 2 atom stereocenters. The van der Waals surface area contributed by atoms with Gasteiger partial charge in [-0.2, -0.15) is 5.10 Å². The molecule has 0 aromatic carbocycles. The van der Waals surface area contributed by atoms with Crippen LogP contribution in [0.5, 0.6) is 0 Å². The highest BCUT2D eigenvalue weighted by Crippen LogP contribution is 2.27. The van der Waals surface area contributed by atoms with Gasteiger partial charge in [-0.3, -0.25) is 9.79 Å². The van der Waals surface area contributed by atoms with Crippen molar-refractivity contribution in [3.8, 4) is 0 Å². The largest absolute Gasteiger partial charge is 0.385 e. The fourth-order valence-corrected chi connectivity index (χ4v) is 3.55. The Kier molecular flexibility index (Phi) is 5.24. The molecule has 1 N–H and O–H groups in total. The van der Waals surface area contributed by atoms with E-state index in [1.165, 1.54) is 25.3 Å². The molecule has 0 radical (unpaired) electrons. The lowest BCUT2D eigenvalue weighted by Crippen LogP contribution is -2.21. The number of hydrogen-bond donors (Lipinski definition) is 1. The number of rotatable bonds is 4. The van der Waals surface area contributed by atoms with Crippen molar-refractivity contribution in [1.29, 1.82) is 0 Å². The lowest BCUT2D eigenvalue weighted by molar-refractivity contribution is 0.254. The minimum Gasteiger partial charge on any atom is -0.385 e. The maximum atomic E-state index is 14.3. The van der Waals surface area contributed by atoms with Crippen LogP contribution in [0.2, 0.25) is 0 Å². The SMILES string of the molecule is CC1(F)C=C(n2ccc(=O)c(CC3=CC(C4=NCC(O)C=N4)=CCC3)n2)C=CC1. The summed E-state index contributed by atoms with van der Waals surface area (Å²) in [7, 11) is 0. The van der Waals surface area contributed by atoms with E-state index in [1.807, 2.05) is 12.2 Å². The summed E-state index contributed by atoms with van der Waals surface area (Å²) in [5.74, 6) is 0.602. The Balaban J connectivity index is 1.58. The monoisotopic (exact) mass is 394 g/mol. The van der Waals surface area contributed by atoms with E-state index >= 15 is 0 Å². The van der Waals surface area contributed by atoms with E-state index < -0.39 is 11.8 Å². The summed E-state index contributed by atoms with van der Waals surface area (Å²) < 4.78 is 15.9. The van der Waals surface area contributed by atoms with Crippen molar-refractivity contribution in [1.82, 2.24) is 9.78 Å². The number of aliphatic hydroxyl groups is 1. The van der Waals surface area contributed by atoms with Gasteiger partial charge in [0.15, 0.2) is 5.84 Å². The van der Waals surface area contributed by atoms with Crippen LogP contribution in [0.1, 0.15) is 31.9 Å². The standard InChI is InChI=1S/C22H23FN4O2/c1-22(23)8-3-6-17(12-22)27-9-7-20(29)19(26-27)11-15-4-2-5-16(10-15)21-24-13-18(28)14-25-21/h3,5-7,9-10,12-13,18,28H,2,4,8,11,14H2,1H3. The Morgan fingerprint density at radius 2 is 2.28 bits per heavy atom. The predicted octanol–water partition coefficient (Wildman–Crippen LogP) is 2.81. The molecule has 7 heteroatoms. The van der Waals surface area contributed by atoms with Crippen LogP contribution >= 0.6 is 0 Å². The minimum atomic E-state index is -1.42. The van der Waals surface area contributed by atoms with E-state index in [4.69, 9.17) is 0 Å². The third kappa shape index (κ3) is 4.56. The Labute approximate surface area is 168 Å². The van der Waals surface area contributed by atoms with Gasteiger partial charge >= 0.3 is 0 Å². The Morgan fingerprint density at radius 3 is 3.03 bits per heavy atom. The van der Waals surface area contributed by atoms with Gasteiger partial charge in [-0.05, 0) is 31.9 Å². The normalized spacial score (nSPS) is 26.5. The number of aromatic nitrogens is 2. The first-order chi connectivity index (χ1) is 13.9. The van der Waals surface area contributed by atoms with Crippen LogP contribution in [-0.2, 0) is 6.42 Å². The average molecular weight is 394 g/mol. The number of aliphatic hydroxyl groups excluding tert-OH is 1. The van der Waals surface area contributed by atoms with Gasteiger partial charge in [0.05, 0.1) is 12.2 Å². The molecule has 1 aromatic rings. The number of aliphatic imine (C=N–C) groups is 2. The van der Waals surface area contributed by atoms with Crippen LogP contribution in [0.3, 0.4) is 0 Å². The number of hydrogen-bond acceptors (Lipinski definition) is 5. The molecule has 29 heavy (non-hydrogen) atoms. The van der Waals surface area contributed by atoms with Crippen LogP contribution in [0.15, 0.2) is 68.6 Å². The van der Waals surface area contributed by atoms with E-state index in [1.54, 1.807) is 17.0 Å². The summed E-state index contributed by atoms with van der Waals surface area (Å²) in [4.78, 5) is 20.9. The number of allylic oxidation sites excluding steroid dienone is 6. The molecule has 0 bridgehead atoms. The van der Waals surface area contributed by atoms with E-state index in [0.717, 1.165) is 24.0 Å². The molecular formula is C22H23FN4O2. The van der Waals surface area contributed by atoms with E-state index in [0.29, 0.717) is 36.6 Å². The minimum absolute atomic E-state index is 0.141. The maximum absolute atomic E-state index is 14.3. The average Bonchev–Trinajstić information content (AvgIpc) is 2.70. The van der Waals surface area contributed by atoms with E-state index in [-0.39, 0.29) is 5.43 Å². The van der Waals surface area contributed by atoms with Crippen LogP contribution in [0, 0.1) is 0 Å². The highest BCUT2D eigenvalue weighted by atomic mass is 19.1. The Morgan fingerprint density at radius 1 is 1.41 bits per heavy atom. The zero-order chi connectivity index (χ0) is 20.4. The fraction of sp³-hybridized carbons (Fsp3) is 0.364. The predicted molar refractivity (Wildman–Crippen MR) is 112 cm³/mol. The van der Waals surface area contributed by atoms with Gasteiger partial charge in [0.1, 0.15) is 17.5 Å². The molecule has 0 saturated heterocycles. The van der Waals surface area contributed by atoms with Gasteiger partial charge in [-0.25, -0.2) is 14.1 Å². The Bertz CT molecular complexity index is 1060. The number of nitrogens with zero attached hydrogens (tertiary/aromatic N) is 4. The van der Waals surface area contributed by atoms with Crippen LogP contribution in [0.4, 0.5) is 4.39 Å². The second-order valence-electron chi connectivity index (χ2n) is 7.71. The molecule has 1 aliphatic heterocycles. The lowest BCUT2D eigenvalue weighted by Gasteiger charge is -2.20. The van der Waals surface area contributed by atoms with E-state index in [9.17, 15) is 14.3 Å². The van der Waals surface area contributed by atoms with Crippen molar-refractivity contribution in [3.63, 3.8) is 0 Å². The third-order valence-electron chi connectivity index (χ3n) is 5.04. The van der Waals surface area contributed by atoms with Crippen molar-refractivity contribution >= 4 is 17.7 Å². The van der Waals surface area contributed by atoms with Gasteiger partial charge in [0.2, 0.25) is 5.43 Å². The van der Waals surface area contributed by atoms with Crippen LogP contribution in [0.25, 0.3) is 5.70 Å². The van der Waals surface area contributed by atoms with Crippen LogP contribution < -0.4 is 5.43 Å². The molecular weight excluding hydrogens is 371 g/mol. The first-order valence-electron chi connectivity index (χ1n) is 9.74. The van der Waals surface area contributed by atoms with E-state index in [2.05, 4.69) is 21.2 Å². The highest BCUT2D eigenvalue weighted by molar-refractivity contribution is 6.06. The topological polar surface area (TPSA) is 79.8 Å². The molecule has 6 nitrogen and oxygen atoms in total. The highest BCUT2D eigenvalue weighted by Gasteiger charge is 2.23. The summed E-state index contributed by atoms with van der Waals surface area (Å²) in [5, 5.41) is 14.0. The zero-order valence-electron chi connectivity index (χ0n) is 16.3. The van der Waals surface area contributed by atoms with Crippen LogP contribution in [-0.4, -0.2) is 45.3 Å². The maximum Gasteiger partial charge on any atom is 0.203 e. The molecule has 2 heterocycles. The zero-order valence-corrected chi connectivity index (χ0v) is 16.3. The van der Waals surface area contributed by atoms with Crippen molar-refractivity contribution in [2.75, 3.05) is 6.54 Å². The molecule has 0 saturated carbocycles. The summed E-state index contributed by atoms with van der Waals surface area (Å²) in [6.45, 7) is 1.83. The molecule has 2 aliphatic carbocycles. The molecule has 4 rings (SSSR count). The first kappa shape index (κ1) is 19.4. The summed E-state index contributed by atoms with van der Waals surface area (Å²) >= 11 is 0. The van der Waals surface area contributed by atoms with Gasteiger partial charge in [0.25, 0.3) is 0 Å². The van der Waals surface area contributed by atoms with Crippen molar-refractivity contribution < 1.29 is 9.50 Å². The summed E-state index contributed by atoms with van der Waals surface area (Å²) in [6, 6.07) is 1.47. The van der Waals surface area contributed by atoms with Gasteiger partial charge < -0.3 is 5.11 Å². The molecule has 2 unspecified atom stereocenters. The van der Waals surface area contributed by atoms with Gasteiger partial charge in [0, 0.05) is 36.9 Å². The molecule has 150 valence electrons. The van der Waals surface area contributed by atoms with Gasteiger partial charge in [-0.15, -0.1) is 0 Å². The van der Waals surface area contributed by atoms with Crippen molar-refractivity contribution in [2.45, 2.75) is 44.4 Å². The first-order valence-corrected chi connectivity index (χ1v) is 9.74. The Hall–Kier alpha value is -2.93. The molecule has 0 fully saturated rings. The number of halogens is 1. The lowest BCUT2D eigenvalue weighted by atomic mass is 9.95. The molecule has 3 aliphatic rings. The molecule has 0 spiro atoms. The van der Waals surface area contributed by atoms with Crippen molar-refractivity contribution in [3.05, 3.63) is 69.7 Å².